The van der Waals surface area contributed by atoms with E-state index in [9.17, 15) is 10.2 Å². The van der Waals surface area contributed by atoms with Gasteiger partial charge in [-0.2, -0.15) is 0 Å². The maximum Gasteiger partial charge on any atom is 0.165 e. The molecule has 0 saturated heterocycles. The van der Waals surface area contributed by atoms with Crippen LogP contribution in [0.25, 0.3) is 10.8 Å². The fourth-order valence-corrected chi connectivity index (χ4v) is 1.49. The van der Waals surface area contributed by atoms with Crippen LogP contribution in [0.15, 0.2) is 30.3 Å². The van der Waals surface area contributed by atoms with Crippen LogP contribution >= 0.6 is 0 Å². The first-order chi connectivity index (χ1) is 6.74. The van der Waals surface area contributed by atoms with Crippen molar-refractivity contribution in [1.82, 2.24) is 0 Å². The Bertz CT molecular complexity index is 477. The Morgan fingerprint density at radius 3 is 2.43 bits per heavy atom. The average Bonchev–Trinajstić information content (AvgIpc) is 2.23. The highest BCUT2D eigenvalue weighted by atomic mass is 16.3. The van der Waals surface area contributed by atoms with E-state index >= 15 is 0 Å². The minimum atomic E-state index is -0.287. The minimum Gasteiger partial charge on any atom is -0.504 e. The van der Waals surface area contributed by atoms with Crippen LogP contribution in [-0.2, 0) is 6.61 Å². The van der Waals surface area contributed by atoms with E-state index in [1.54, 1.807) is 18.2 Å². The lowest BCUT2D eigenvalue weighted by Gasteiger charge is -2.07. The number of hydrogen-bond donors (Lipinski definition) is 3. The Kier molecular flexibility index (Phi) is 2.02. The second kappa shape index (κ2) is 3.20. The fourth-order valence-electron chi connectivity index (χ4n) is 1.49. The molecule has 0 aromatic heterocycles. The highest BCUT2D eigenvalue weighted by molar-refractivity contribution is 5.91. The van der Waals surface area contributed by atoms with E-state index in [0.29, 0.717) is 10.9 Å². The second-order valence-electron chi connectivity index (χ2n) is 3.11. The van der Waals surface area contributed by atoms with Crippen LogP contribution in [0.5, 0.6) is 11.5 Å². The van der Waals surface area contributed by atoms with Gasteiger partial charge in [0.25, 0.3) is 0 Å². The minimum absolute atomic E-state index is 0.174. The zero-order valence-electron chi connectivity index (χ0n) is 7.44. The Morgan fingerprint density at radius 1 is 1.00 bits per heavy atom. The topological polar surface area (TPSA) is 60.7 Å². The van der Waals surface area contributed by atoms with Crippen LogP contribution in [0.4, 0.5) is 0 Å². The number of benzene rings is 2. The molecule has 0 heterocycles. The zero-order valence-corrected chi connectivity index (χ0v) is 7.44. The summed E-state index contributed by atoms with van der Waals surface area (Å²) in [5, 5.41) is 29.4. The molecule has 0 bridgehead atoms. The molecule has 2 aromatic rings. The quantitative estimate of drug-likeness (QED) is 0.600. The molecule has 0 aliphatic carbocycles. The highest BCUT2D eigenvalue weighted by Gasteiger charge is 2.09. The number of aliphatic hydroxyl groups excluding tert-OH is 1. The average molecular weight is 190 g/mol. The number of aromatic hydroxyl groups is 2. The summed E-state index contributed by atoms with van der Waals surface area (Å²) in [5.41, 5.74) is 0.334. The summed E-state index contributed by atoms with van der Waals surface area (Å²) in [7, 11) is 0. The van der Waals surface area contributed by atoms with E-state index in [0.717, 1.165) is 5.39 Å². The summed E-state index contributed by atoms with van der Waals surface area (Å²) in [4.78, 5) is 0. The first kappa shape index (κ1) is 8.84. The van der Waals surface area contributed by atoms with Crippen molar-refractivity contribution in [3.8, 4) is 11.5 Å². The molecule has 0 radical (unpaired) electrons. The van der Waals surface area contributed by atoms with Crippen molar-refractivity contribution in [1.29, 1.82) is 0 Å². The van der Waals surface area contributed by atoms with Gasteiger partial charge in [-0.05, 0) is 11.5 Å². The SMILES string of the molecule is OCc1cc2ccccc2c(O)c1O. The van der Waals surface area contributed by atoms with Crippen LogP contribution in [0.1, 0.15) is 5.56 Å². The first-order valence-electron chi connectivity index (χ1n) is 4.27. The predicted molar refractivity (Wildman–Crippen MR) is 53.2 cm³/mol. The van der Waals surface area contributed by atoms with E-state index in [1.807, 2.05) is 12.1 Å². The molecule has 0 spiro atoms. The molecule has 3 N–H and O–H groups in total. The molecule has 3 heteroatoms. The first-order valence-corrected chi connectivity index (χ1v) is 4.27. The third kappa shape index (κ3) is 1.18. The van der Waals surface area contributed by atoms with Crippen LogP contribution in [0, 0.1) is 0 Å². The number of phenols is 2. The summed E-state index contributed by atoms with van der Waals surface area (Å²) >= 11 is 0. The van der Waals surface area contributed by atoms with Crippen molar-refractivity contribution in [3.63, 3.8) is 0 Å². The molecule has 0 fully saturated rings. The van der Waals surface area contributed by atoms with E-state index < -0.39 is 0 Å². The summed E-state index contributed by atoms with van der Waals surface area (Å²) in [6, 6.07) is 8.80. The van der Waals surface area contributed by atoms with Crippen molar-refractivity contribution in [2.75, 3.05) is 0 Å². The Morgan fingerprint density at radius 2 is 1.71 bits per heavy atom. The van der Waals surface area contributed by atoms with Crippen molar-refractivity contribution in [2.45, 2.75) is 6.61 Å². The van der Waals surface area contributed by atoms with Gasteiger partial charge in [0.15, 0.2) is 11.5 Å². The molecule has 2 rings (SSSR count). The van der Waals surface area contributed by atoms with Crippen LogP contribution in [-0.4, -0.2) is 15.3 Å². The standard InChI is InChI=1S/C11H10O3/c12-6-8-5-7-3-1-2-4-9(7)11(14)10(8)13/h1-5,12-14H,6H2. The molecular formula is C11H10O3. The Hall–Kier alpha value is -1.74. The third-order valence-corrected chi connectivity index (χ3v) is 2.24. The zero-order chi connectivity index (χ0) is 10.1. The normalized spacial score (nSPS) is 10.6. The van der Waals surface area contributed by atoms with Gasteiger partial charge >= 0.3 is 0 Å². The van der Waals surface area contributed by atoms with E-state index in [4.69, 9.17) is 5.11 Å². The van der Waals surface area contributed by atoms with Gasteiger partial charge in [-0.25, -0.2) is 0 Å². The summed E-state index contributed by atoms with van der Waals surface area (Å²) in [6.45, 7) is -0.287. The van der Waals surface area contributed by atoms with Gasteiger partial charge in [0.05, 0.1) is 6.61 Å². The van der Waals surface area contributed by atoms with Crippen LogP contribution in [0.3, 0.4) is 0 Å². The van der Waals surface area contributed by atoms with Gasteiger partial charge < -0.3 is 15.3 Å². The number of aliphatic hydroxyl groups is 1. The molecule has 0 saturated carbocycles. The Balaban J connectivity index is 2.85. The third-order valence-electron chi connectivity index (χ3n) is 2.24. The molecule has 72 valence electrons. The lowest BCUT2D eigenvalue weighted by atomic mass is 10.1. The van der Waals surface area contributed by atoms with Gasteiger partial charge in [-0.3, -0.25) is 0 Å². The lowest BCUT2D eigenvalue weighted by molar-refractivity contribution is 0.273. The summed E-state index contributed by atoms with van der Waals surface area (Å²) in [5.74, 6) is -0.418. The number of phenolic OH excluding ortho intramolecular Hbond substituents is 1. The predicted octanol–water partition coefficient (Wildman–Crippen LogP) is 1.74. The number of fused-ring (bicyclic) bond motifs is 1. The second-order valence-corrected chi connectivity index (χ2v) is 3.11. The van der Waals surface area contributed by atoms with Crippen molar-refractivity contribution < 1.29 is 15.3 Å². The molecule has 0 atom stereocenters. The molecule has 3 nitrogen and oxygen atoms in total. The summed E-state index contributed by atoms with van der Waals surface area (Å²) in [6.07, 6.45) is 0. The lowest BCUT2D eigenvalue weighted by Crippen LogP contribution is -1.86. The van der Waals surface area contributed by atoms with Gasteiger partial charge in [-0.15, -0.1) is 0 Å². The molecule has 0 unspecified atom stereocenters. The maximum absolute atomic E-state index is 9.61. The largest absolute Gasteiger partial charge is 0.504 e. The molecule has 14 heavy (non-hydrogen) atoms. The van der Waals surface area contributed by atoms with Crippen molar-refractivity contribution in [3.05, 3.63) is 35.9 Å². The molecular weight excluding hydrogens is 180 g/mol. The van der Waals surface area contributed by atoms with Gasteiger partial charge in [0.2, 0.25) is 0 Å². The van der Waals surface area contributed by atoms with Crippen molar-refractivity contribution >= 4 is 10.8 Å². The monoisotopic (exact) mass is 190 g/mol. The molecule has 0 amide bonds. The van der Waals surface area contributed by atoms with Crippen molar-refractivity contribution in [2.24, 2.45) is 0 Å². The summed E-state index contributed by atoms with van der Waals surface area (Å²) < 4.78 is 0. The highest BCUT2D eigenvalue weighted by Crippen LogP contribution is 2.36. The molecule has 0 aliphatic heterocycles. The molecule has 2 aromatic carbocycles. The van der Waals surface area contributed by atoms with Crippen LogP contribution < -0.4 is 0 Å². The van der Waals surface area contributed by atoms with Gasteiger partial charge in [-0.1, -0.05) is 24.3 Å². The van der Waals surface area contributed by atoms with E-state index in [1.165, 1.54) is 0 Å². The van der Waals surface area contributed by atoms with E-state index in [2.05, 4.69) is 0 Å². The van der Waals surface area contributed by atoms with Crippen LogP contribution in [0.2, 0.25) is 0 Å². The number of hydrogen-bond acceptors (Lipinski definition) is 3. The number of rotatable bonds is 1. The maximum atomic E-state index is 9.61. The smallest absolute Gasteiger partial charge is 0.165 e. The fraction of sp³-hybridized carbons (Fsp3) is 0.0909. The van der Waals surface area contributed by atoms with E-state index in [-0.39, 0.29) is 18.1 Å². The Labute approximate surface area is 80.9 Å². The molecule has 0 aliphatic rings. The van der Waals surface area contributed by atoms with Gasteiger partial charge in [0.1, 0.15) is 0 Å². The van der Waals surface area contributed by atoms with Gasteiger partial charge in [0, 0.05) is 10.9 Å².